The van der Waals surface area contributed by atoms with Gasteiger partial charge in [0.1, 0.15) is 5.82 Å². The molecule has 1 aromatic carbocycles. The molecule has 35 heavy (non-hydrogen) atoms. The number of carbonyl (C=O) groups excluding carboxylic acids is 1. The summed E-state index contributed by atoms with van der Waals surface area (Å²) in [6, 6.07) is 8.13. The number of fused-ring (bicyclic) bond motifs is 2. The number of carbonyl (C=O) groups is 1. The Balaban J connectivity index is 1.43. The van der Waals surface area contributed by atoms with E-state index in [1.54, 1.807) is 25.5 Å². The molecule has 0 aliphatic carbocycles. The molecule has 1 aliphatic rings. The third-order valence-corrected chi connectivity index (χ3v) is 6.31. The van der Waals surface area contributed by atoms with Gasteiger partial charge in [-0.1, -0.05) is 6.07 Å². The van der Waals surface area contributed by atoms with Crippen LogP contribution in [0.5, 0.6) is 0 Å². The van der Waals surface area contributed by atoms with Gasteiger partial charge in [0.15, 0.2) is 5.65 Å². The Kier molecular flexibility index (Phi) is 6.08. The minimum Gasteiger partial charge on any atom is -0.393 e. The van der Waals surface area contributed by atoms with Crippen molar-refractivity contribution in [1.29, 1.82) is 0 Å². The van der Waals surface area contributed by atoms with E-state index in [9.17, 15) is 9.90 Å². The summed E-state index contributed by atoms with van der Waals surface area (Å²) < 4.78 is 1.97. The van der Waals surface area contributed by atoms with Crippen molar-refractivity contribution in [3.05, 3.63) is 66.4 Å². The molecule has 1 aliphatic heterocycles. The standard InChI is InChI=1S/C26H29N7O2/c1-16(2)32(10-8-17(3)34)18-4-7-23(28-12-18)31-21-6-5-19(20-13-30-26(35)25(20)21)22-14-29-24-15-27-9-11-33(22)24/h4-7,9,11-12,14-17,34H,8,10,13H2,1-3H3,(H,28,31)(H,30,35)/t17-/m0/s1. The summed E-state index contributed by atoms with van der Waals surface area (Å²) in [5.74, 6) is 0.545. The second-order valence-corrected chi connectivity index (χ2v) is 9.10. The molecule has 1 atom stereocenters. The van der Waals surface area contributed by atoms with E-state index in [1.807, 2.05) is 41.1 Å². The maximum atomic E-state index is 12.8. The molecule has 5 rings (SSSR count). The van der Waals surface area contributed by atoms with E-state index in [0.717, 1.165) is 34.7 Å². The van der Waals surface area contributed by atoms with Crippen LogP contribution < -0.4 is 15.5 Å². The van der Waals surface area contributed by atoms with Crippen LogP contribution in [-0.2, 0) is 6.54 Å². The summed E-state index contributed by atoms with van der Waals surface area (Å²) in [6.07, 6.45) is 9.27. The number of benzene rings is 1. The van der Waals surface area contributed by atoms with E-state index in [4.69, 9.17) is 0 Å². The Morgan fingerprint density at radius 1 is 1.14 bits per heavy atom. The lowest BCUT2D eigenvalue weighted by Crippen LogP contribution is -2.33. The summed E-state index contributed by atoms with van der Waals surface area (Å²) in [4.78, 5) is 28.2. The van der Waals surface area contributed by atoms with Gasteiger partial charge >= 0.3 is 0 Å². The minimum atomic E-state index is -0.349. The topological polar surface area (TPSA) is 108 Å². The molecule has 4 heterocycles. The fourth-order valence-electron chi connectivity index (χ4n) is 4.51. The van der Waals surface area contributed by atoms with Crippen LogP contribution in [0, 0.1) is 0 Å². The number of nitrogens with one attached hydrogen (secondary N) is 2. The number of hydrogen-bond donors (Lipinski definition) is 3. The van der Waals surface area contributed by atoms with Gasteiger partial charge in [0.25, 0.3) is 5.91 Å². The summed E-state index contributed by atoms with van der Waals surface area (Å²) in [5, 5.41) is 16.0. The quantitative estimate of drug-likeness (QED) is 0.359. The number of aromatic nitrogens is 4. The van der Waals surface area contributed by atoms with Crippen LogP contribution in [0.15, 0.2) is 55.2 Å². The molecule has 1 amide bonds. The Bertz CT molecular complexity index is 1360. The van der Waals surface area contributed by atoms with Crippen molar-refractivity contribution < 1.29 is 9.90 Å². The van der Waals surface area contributed by atoms with Gasteiger partial charge in [-0.15, -0.1) is 0 Å². The van der Waals surface area contributed by atoms with Crippen LogP contribution in [-0.4, -0.2) is 49.1 Å². The van der Waals surface area contributed by atoms with Crippen molar-refractivity contribution in [3.63, 3.8) is 0 Å². The smallest absolute Gasteiger partial charge is 0.254 e. The van der Waals surface area contributed by atoms with E-state index in [1.165, 1.54) is 0 Å². The molecule has 0 radical (unpaired) electrons. The third kappa shape index (κ3) is 4.42. The van der Waals surface area contributed by atoms with Gasteiger partial charge in [0.2, 0.25) is 0 Å². The zero-order valence-electron chi connectivity index (χ0n) is 20.1. The molecule has 180 valence electrons. The van der Waals surface area contributed by atoms with E-state index in [-0.39, 0.29) is 18.1 Å². The summed E-state index contributed by atoms with van der Waals surface area (Å²) in [6.45, 7) is 7.25. The summed E-state index contributed by atoms with van der Waals surface area (Å²) in [7, 11) is 0. The Labute approximate surface area is 203 Å². The molecule has 0 fully saturated rings. The fraction of sp³-hybridized carbons (Fsp3) is 0.308. The van der Waals surface area contributed by atoms with Gasteiger partial charge in [-0.2, -0.15) is 0 Å². The summed E-state index contributed by atoms with van der Waals surface area (Å²) >= 11 is 0. The number of nitrogens with zero attached hydrogens (tertiary/aromatic N) is 5. The Morgan fingerprint density at radius 3 is 2.74 bits per heavy atom. The predicted molar refractivity (Wildman–Crippen MR) is 136 cm³/mol. The third-order valence-electron chi connectivity index (χ3n) is 6.31. The minimum absolute atomic E-state index is 0.111. The highest BCUT2D eigenvalue weighted by atomic mass is 16.3. The normalized spacial score (nSPS) is 13.7. The van der Waals surface area contributed by atoms with Crippen molar-refractivity contribution in [2.24, 2.45) is 0 Å². The highest BCUT2D eigenvalue weighted by molar-refractivity contribution is 6.06. The van der Waals surface area contributed by atoms with Gasteiger partial charge in [-0.05, 0) is 51.0 Å². The first-order valence-corrected chi connectivity index (χ1v) is 11.8. The number of aliphatic hydroxyl groups is 1. The molecular formula is C26H29N7O2. The first-order valence-electron chi connectivity index (χ1n) is 11.8. The molecule has 0 unspecified atom stereocenters. The number of hydrogen-bond acceptors (Lipinski definition) is 7. The molecule has 4 aromatic rings. The van der Waals surface area contributed by atoms with E-state index in [2.05, 4.69) is 44.3 Å². The molecule has 0 bridgehead atoms. The maximum Gasteiger partial charge on any atom is 0.254 e. The van der Waals surface area contributed by atoms with Crippen LogP contribution in [0.1, 0.15) is 43.1 Å². The highest BCUT2D eigenvalue weighted by Gasteiger charge is 2.27. The van der Waals surface area contributed by atoms with Crippen LogP contribution in [0.3, 0.4) is 0 Å². The zero-order valence-corrected chi connectivity index (χ0v) is 20.1. The van der Waals surface area contributed by atoms with E-state index in [0.29, 0.717) is 30.0 Å². The van der Waals surface area contributed by atoms with Crippen LogP contribution in [0.25, 0.3) is 16.9 Å². The number of aliphatic hydroxyl groups excluding tert-OH is 1. The molecule has 0 saturated carbocycles. The van der Waals surface area contributed by atoms with Crippen molar-refractivity contribution >= 4 is 28.7 Å². The fourth-order valence-corrected chi connectivity index (χ4v) is 4.51. The van der Waals surface area contributed by atoms with Crippen LogP contribution >= 0.6 is 0 Å². The van der Waals surface area contributed by atoms with Gasteiger partial charge in [-0.25, -0.2) is 9.97 Å². The first-order chi connectivity index (χ1) is 16.9. The van der Waals surface area contributed by atoms with Gasteiger partial charge in [0.05, 0.1) is 47.3 Å². The molecule has 0 spiro atoms. The van der Waals surface area contributed by atoms with E-state index >= 15 is 0 Å². The average Bonchev–Trinajstić information content (AvgIpc) is 3.44. The SMILES string of the molecule is CC(C)N(CC[C@H](C)O)c1ccc(Nc2ccc(-c3cnc4cnccn34)c3c2C(=O)NC3)nc1. The van der Waals surface area contributed by atoms with Crippen LogP contribution in [0.4, 0.5) is 17.2 Å². The first kappa shape index (κ1) is 22.8. The number of pyridine rings is 1. The predicted octanol–water partition coefficient (Wildman–Crippen LogP) is 3.76. The second-order valence-electron chi connectivity index (χ2n) is 9.10. The molecule has 3 N–H and O–H groups in total. The number of amides is 1. The van der Waals surface area contributed by atoms with Crippen LogP contribution in [0.2, 0.25) is 0 Å². The second kappa shape index (κ2) is 9.34. The molecule has 0 saturated heterocycles. The lowest BCUT2D eigenvalue weighted by atomic mass is 9.99. The van der Waals surface area contributed by atoms with Crippen molar-refractivity contribution in [3.8, 4) is 11.3 Å². The number of imidazole rings is 1. The molecule has 9 heteroatoms. The number of rotatable bonds is 8. The summed E-state index contributed by atoms with van der Waals surface area (Å²) in [5.41, 5.74) is 5.88. The van der Waals surface area contributed by atoms with Crippen molar-refractivity contribution in [2.75, 3.05) is 16.8 Å². The molecule has 3 aromatic heterocycles. The maximum absolute atomic E-state index is 12.8. The largest absolute Gasteiger partial charge is 0.393 e. The number of anilines is 3. The van der Waals surface area contributed by atoms with E-state index < -0.39 is 0 Å². The lowest BCUT2D eigenvalue weighted by Gasteiger charge is -2.29. The van der Waals surface area contributed by atoms with Gasteiger partial charge in [-0.3, -0.25) is 14.2 Å². The monoisotopic (exact) mass is 471 g/mol. The van der Waals surface area contributed by atoms with Gasteiger partial charge in [0, 0.05) is 37.1 Å². The van der Waals surface area contributed by atoms with Crippen molar-refractivity contribution in [2.45, 2.75) is 45.9 Å². The Morgan fingerprint density at radius 2 is 2.00 bits per heavy atom. The van der Waals surface area contributed by atoms with Crippen molar-refractivity contribution in [1.82, 2.24) is 24.7 Å². The molecular weight excluding hydrogens is 442 g/mol. The molecule has 9 nitrogen and oxygen atoms in total. The zero-order chi connectivity index (χ0) is 24.5. The lowest BCUT2D eigenvalue weighted by molar-refractivity contribution is 0.0966. The highest BCUT2D eigenvalue weighted by Crippen LogP contribution is 2.35. The average molecular weight is 472 g/mol. The Hall–Kier alpha value is -3.98. The van der Waals surface area contributed by atoms with Gasteiger partial charge < -0.3 is 20.6 Å².